The topological polar surface area (TPSA) is 194 Å². The van der Waals surface area contributed by atoms with Crippen LogP contribution in [0.3, 0.4) is 0 Å². The van der Waals surface area contributed by atoms with E-state index in [-0.39, 0.29) is 43.7 Å². The first kappa shape index (κ1) is 24.5. The summed E-state index contributed by atoms with van der Waals surface area (Å²) in [5.41, 5.74) is -0.447. The van der Waals surface area contributed by atoms with Crippen LogP contribution in [0.1, 0.15) is 20.3 Å². The van der Waals surface area contributed by atoms with Crippen molar-refractivity contribution in [3.05, 3.63) is 22.2 Å². The average molecular weight is 453 g/mol. The van der Waals surface area contributed by atoms with Crippen LogP contribution in [0.15, 0.2) is 12.1 Å². The molecule has 1 aromatic rings. The van der Waals surface area contributed by atoms with Gasteiger partial charge in [0.05, 0.1) is 13.2 Å². The summed E-state index contributed by atoms with van der Waals surface area (Å²) < 4.78 is 15.0. The van der Waals surface area contributed by atoms with E-state index in [2.05, 4.69) is 10.3 Å². The highest BCUT2D eigenvalue weighted by atomic mass is 16.6. The zero-order valence-electron chi connectivity index (χ0n) is 17.4. The fourth-order valence-electron chi connectivity index (χ4n) is 2.77. The number of pyridine rings is 1. The first-order valence-corrected chi connectivity index (χ1v) is 9.58. The fraction of sp³-hybridized carbons (Fsp3) is 0.500. The zero-order valence-corrected chi connectivity index (χ0v) is 17.4. The van der Waals surface area contributed by atoms with Gasteiger partial charge in [0, 0.05) is 25.1 Å². The van der Waals surface area contributed by atoms with E-state index in [4.69, 9.17) is 24.7 Å². The molecule has 14 nitrogen and oxygen atoms in total. The van der Waals surface area contributed by atoms with Gasteiger partial charge in [0.2, 0.25) is 5.75 Å². The second-order valence-corrected chi connectivity index (χ2v) is 6.76. The van der Waals surface area contributed by atoms with Crippen molar-refractivity contribution in [3.8, 4) is 5.75 Å². The van der Waals surface area contributed by atoms with E-state index in [1.165, 1.54) is 12.1 Å². The van der Waals surface area contributed by atoms with Crippen molar-refractivity contribution in [2.75, 3.05) is 31.2 Å². The van der Waals surface area contributed by atoms with Crippen molar-refractivity contribution in [2.24, 2.45) is 0 Å². The summed E-state index contributed by atoms with van der Waals surface area (Å²) in [7, 11) is 0. The normalized spacial score (nSPS) is 16.2. The Morgan fingerprint density at radius 3 is 2.84 bits per heavy atom. The highest BCUT2D eigenvalue weighted by Gasteiger charge is 2.36. The standard InChI is InChI=1S/C18H23N5O9/c1-3-30-15(24)9-31-13-4-5-14(21-16(13)23(28)29)22-8-11(32-18(22)27)7-20-10(2)6-12(19)17(25)26/h4-5,10-11,19-20H,3,6-9H2,1-2H3,(H,25,26)/t10?,11-/m0/s1. The molecule has 1 amide bonds. The van der Waals surface area contributed by atoms with Gasteiger partial charge in [-0.15, -0.1) is 0 Å². The third kappa shape index (κ3) is 6.60. The summed E-state index contributed by atoms with van der Waals surface area (Å²) in [5.74, 6) is -2.97. The minimum atomic E-state index is -1.31. The maximum atomic E-state index is 12.2. The SMILES string of the molecule is CCOC(=O)COc1ccc(N2C[C@H](CNC(C)CC(=N)C(=O)O)OC2=O)nc1[N+](=O)[O-]. The minimum Gasteiger partial charge on any atom is -0.477 e. The fourth-order valence-corrected chi connectivity index (χ4v) is 2.77. The summed E-state index contributed by atoms with van der Waals surface area (Å²) in [6, 6.07) is 2.20. The number of nitrogens with zero attached hydrogens (tertiary/aromatic N) is 3. The van der Waals surface area contributed by atoms with Crippen molar-refractivity contribution in [3.63, 3.8) is 0 Å². The first-order valence-electron chi connectivity index (χ1n) is 9.58. The van der Waals surface area contributed by atoms with Crippen molar-refractivity contribution in [2.45, 2.75) is 32.4 Å². The lowest BCUT2D eigenvalue weighted by molar-refractivity contribution is -0.390. The summed E-state index contributed by atoms with van der Waals surface area (Å²) in [5, 5.41) is 30.4. The number of ether oxygens (including phenoxy) is 3. The third-order valence-electron chi connectivity index (χ3n) is 4.26. The smallest absolute Gasteiger partial charge is 0.417 e. The number of amides is 1. The number of aromatic nitrogens is 1. The minimum absolute atomic E-state index is 0.0132. The second kappa shape index (κ2) is 11.0. The quantitative estimate of drug-likeness (QED) is 0.175. The van der Waals surface area contributed by atoms with Gasteiger partial charge < -0.3 is 34.7 Å². The van der Waals surface area contributed by atoms with Crippen molar-refractivity contribution >= 4 is 35.4 Å². The molecule has 1 fully saturated rings. The van der Waals surface area contributed by atoms with Crippen LogP contribution < -0.4 is 15.0 Å². The largest absolute Gasteiger partial charge is 0.477 e. The Bertz CT molecular complexity index is 907. The van der Waals surface area contributed by atoms with Gasteiger partial charge in [-0.25, -0.2) is 19.3 Å². The van der Waals surface area contributed by atoms with Gasteiger partial charge >= 0.3 is 23.8 Å². The summed E-state index contributed by atoms with van der Waals surface area (Å²) in [6.45, 7) is 3.12. The van der Waals surface area contributed by atoms with Gasteiger partial charge in [-0.05, 0) is 29.8 Å². The third-order valence-corrected chi connectivity index (χ3v) is 4.26. The van der Waals surface area contributed by atoms with Crippen LogP contribution in [-0.2, 0) is 19.1 Å². The van der Waals surface area contributed by atoms with E-state index < -0.39 is 47.2 Å². The number of esters is 1. The highest BCUT2D eigenvalue weighted by molar-refractivity contribution is 6.34. The predicted octanol–water partition coefficient (Wildman–Crippen LogP) is 0.729. The summed E-state index contributed by atoms with van der Waals surface area (Å²) >= 11 is 0. The molecular weight excluding hydrogens is 430 g/mol. The lowest BCUT2D eigenvalue weighted by Crippen LogP contribution is -2.37. The number of carbonyl (C=O) groups is 3. The number of cyclic esters (lactones) is 1. The summed E-state index contributed by atoms with van der Waals surface area (Å²) in [4.78, 5) is 49.9. The Labute approximate surface area is 182 Å². The van der Waals surface area contributed by atoms with Crippen LogP contribution >= 0.6 is 0 Å². The molecule has 0 bridgehead atoms. The molecule has 0 radical (unpaired) electrons. The molecule has 32 heavy (non-hydrogen) atoms. The van der Waals surface area contributed by atoms with E-state index in [9.17, 15) is 24.5 Å². The summed E-state index contributed by atoms with van der Waals surface area (Å²) in [6.07, 6.45) is -1.39. The van der Waals surface area contributed by atoms with Crippen LogP contribution in [0.2, 0.25) is 0 Å². The molecule has 2 rings (SSSR count). The van der Waals surface area contributed by atoms with E-state index in [1.54, 1.807) is 13.8 Å². The Morgan fingerprint density at radius 1 is 1.50 bits per heavy atom. The number of carboxylic acids is 1. The van der Waals surface area contributed by atoms with Gasteiger partial charge in [0.1, 0.15) is 11.8 Å². The number of carboxylic acid groups (broad SMARTS) is 1. The van der Waals surface area contributed by atoms with E-state index in [0.717, 1.165) is 4.90 Å². The predicted molar refractivity (Wildman–Crippen MR) is 108 cm³/mol. The molecule has 3 N–H and O–H groups in total. The Morgan fingerprint density at radius 2 is 2.22 bits per heavy atom. The molecule has 2 heterocycles. The molecule has 0 saturated carbocycles. The Hall–Kier alpha value is -3.81. The second-order valence-electron chi connectivity index (χ2n) is 6.76. The molecule has 0 aliphatic carbocycles. The average Bonchev–Trinajstić information content (AvgIpc) is 3.11. The van der Waals surface area contributed by atoms with Crippen molar-refractivity contribution < 1.29 is 38.6 Å². The monoisotopic (exact) mass is 453 g/mol. The molecule has 0 aromatic carbocycles. The van der Waals surface area contributed by atoms with Gasteiger partial charge in [-0.2, -0.15) is 0 Å². The van der Waals surface area contributed by atoms with E-state index >= 15 is 0 Å². The molecule has 1 saturated heterocycles. The number of hydrogen-bond acceptors (Lipinski definition) is 11. The van der Waals surface area contributed by atoms with Gasteiger partial charge in [0.15, 0.2) is 6.61 Å². The van der Waals surface area contributed by atoms with Crippen LogP contribution in [0.5, 0.6) is 5.75 Å². The highest BCUT2D eigenvalue weighted by Crippen LogP contribution is 2.29. The van der Waals surface area contributed by atoms with E-state index in [0.29, 0.717) is 0 Å². The van der Waals surface area contributed by atoms with Crippen molar-refractivity contribution in [1.29, 1.82) is 5.41 Å². The number of rotatable bonds is 12. The maximum Gasteiger partial charge on any atom is 0.417 e. The number of nitro groups is 1. The first-order chi connectivity index (χ1) is 15.1. The van der Waals surface area contributed by atoms with Crippen LogP contribution in [0.25, 0.3) is 0 Å². The number of nitrogens with one attached hydrogen (secondary N) is 2. The Balaban J connectivity index is 2.01. The molecule has 2 atom stereocenters. The van der Waals surface area contributed by atoms with Crippen LogP contribution in [0.4, 0.5) is 16.4 Å². The molecule has 1 aliphatic rings. The molecule has 1 aromatic heterocycles. The van der Waals surface area contributed by atoms with Gasteiger partial charge in [0.25, 0.3) is 5.82 Å². The zero-order chi connectivity index (χ0) is 23.8. The van der Waals surface area contributed by atoms with Gasteiger partial charge in [-0.3, -0.25) is 5.41 Å². The maximum absolute atomic E-state index is 12.2. The number of carbonyl (C=O) groups excluding carboxylic acids is 2. The molecule has 14 heteroatoms. The molecular formula is C18H23N5O9. The van der Waals surface area contributed by atoms with Crippen LogP contribution in [0, 0.1) is 15.5 Å². The lowest BCUT2D eigenvalue weighted by atomic mass is 10.1. The lowest BCUT2D eigenvalue weighted by Gasteiger charge is -2.15. The van der Waals surface area contributed by atoms with E-state index in [1.807, 2.05) is 0 Å². The molecule has 1 unspecified atom stereocenters. The van der Waals surface area contributed by atoms with Crippen LogP contribution in [-0.4, -0.2) is 77.2 Å². The van der Waals surface area contributed by atoms with Gasteiger partial charge in [-0.1, -0.05) is 0 Å². The molecule has 0 spiro atoms. The van der Waals surface area contributed by atoms with Crippen molar-refractivity contribution in [1.82, 2.24) is 10.3 Å². The number of anilines is 1. The molecule has 1 aliphatic heterocycles. The number of aliphatic carboxylic acids is 1. The number of hydrogen-bond donors (Lipinski definition) is 3. The Kier molecular flexibility index (Phi) is 8.40. The molecule has 174 valence electrons.